The predicted octanol–water partition coefficient (Wildman–Crippen LogP) is 3.47. The third-order valence-electron chi connectivity index (χ3n) is 3.46. The largest absolute Gasteiger partial charge is 0.335 e. The Hall–Kier alpha value is -2.32. The third-order valence-corrected chi connectivity index (χ3v) is 5.07. The molecule has 5 nitrogen and oxygen atoms in total. The van der Waals surface area contributed by atoms with Gasteiger partial charge in [-0.1, -0.05) is 0 Å². The summed E-state index contributed by atoms with van der Waals surface area (Å²) >= 11 is 4.93. The summed E-state index contributed by atoms with van der Waals surface area (Å²) in [4.78, 5) is 27.2. The van der Waals surface area contributed by atoms with Gasteiger partial charge in [0, 0.05) is 18.0 Å². The molecule has 0 spiro atoms. The molecule has 1 amide bonds. The van der Waals surface area contributed by atoms with E-state index in [0.717, 1.165) is 13.3 Å². The van der Waals surface area contributed by atoms with Crippen LogP contribution >= 0.6 is 27.3 Å². The Morgan fingerprint density at radius 2 is 1.92 bits per heavy atom. The molecule has 0 unspecified atom stereocenters. The lowest BCUT2D eigenvalue weighted by molar-refractivity contribution is 0.0778. The second-order valence-electron chi connectivity index (χ2n) is 5.31. The highest BCUT2D eigenvalue weighted by molar-refractivity contribution is 9.11. The smallest absolute Gasteiger partial charge is 0.274 e. The Bertz CT molecular complexity index is 969. The number of benzene rings is 1. The van der Waals surface area contributed by atoms with Gasteiger partial charge in [-0.2, -0.15) is 9.78 Å². The van der Waals surface area contributed by atoms with Crippen LogP contribution in [0.15, 0.2) is 57.1 Å². The molecular weight excluding hydrogens is 409 g/mol. The molecule has 0 saturated heterocycles. The second-order valence-corrected chi connectivity index (χ2v) is 7.86. The van der Waals surface area contributed by atoms with Gasteiger partial charge in [0.05, 0.1) is 16.0 Å². The molecule has 2 heterocycles. The maximum atomic E-state index is 13.1. The van der Waals surface area contributed by atoms with E-state index < -0.39 is 11.4 Å². The van der Waals surface area contributed by atoms with Crippen LogP contribution in [0, 0.1) is 5.82 Å². The van der Waals surface area contributed by atoms with Crippen molar-refractivity contribution in [3.05, 3.63) is 79.1 Å². The van der Waals surface area contributed by atoms with Crippen molar-refractivity contribution in [2.24, 2.45) is 0 Å². The van der Waals surface area contributed by atoms with Crippen molar-refractivity contribution < 1.29 is 9.18 Å². The first-order chi connectivity index (χ1) is 11.9. The first-order valence-corrected chi connectivity index (χ1v) is 8.91. The van der Waals surface area contributed by atoms with Gasteiger partial charge in [-0.3, -0.25) is 9.59 Å². The summed E-state index contributed by atoms with van der Waals surface area (Å²) in [6.45, 7) is 0.437. The zero-order valence-electron chi connectivity index (χ0n) is 13.1. The van der Waals surface area contributed by atoms with Crippen molar-refractivity contribution in [1.82, 2.24) is 14.7 Å². The number of hydrogen-bond donors (Lipinski definition) is 0. The number of nitrogens with zero attached hydrogens (tertiary/aromatic N) is 3. The predicted molar refractivity (Wildman–Crippen MR) is 97.6 cm³/mol. The Morgan fingerprint density at radius 1 is 1.20 bits per heavy atom. The third kappa shape index (κ3) is 4.02. The highest BCUT2D eigenvalue weighted by Crippen LogP contribution is 2.23. The molecule has 0 fully saturated rings. The number of thiophene rings is 1. The zero-order valence-corrected chi connectivity index (χ0v) is 15.6. The van der Waals surface area contributed by atoms with Crippen molar-refractivity contribution in [1.29, 1.82) is 0 Å². The topological polar surface area (TPSA) is 55.2 Å². The fourth-order valence-electron chi connectivity index (χ4n) is 2.23. The number of carbonyl (C=O) groups excluding carboxylic acids is 1. The lowest BCUT2D eigenvalue weighted by Gasteiger charge is -2.16. The van der Waals surface area contributed by atoms with Crippen LogP contribution in [0.5, 0.6) is 0 Å². The van der Waals surface area contributed by atoms with Crippen molar-refractivity contribution in [3.8, 4) is 5.69 Å². The van der Waals surface area contributed by atoms with E-state index >= 15 is 0 Å². The van der Waals surface area contributed by atoms with E-state index in [0.29, 0.717) is 12.2 Å². The van der Waals surface area contributed by atoms with Crippen LogP contribution < -0.4 is 5.56 Å². The number of hydrogen-bond acceptors (Lipinski definition) is 4. The zero-order chi connectivity index (χ0) is 18.0. The van der Waals surface area contributed by atoms with Crippen LogP contribution in [0.3, 0.4) is 0 Å². The van der Waals surface area contributed by atoms with E-state index in [2.05, 4.69) is 21.0 Å². The van der Waals surface area contributed by atoms with Crippen LogP contribution in [0.1, 0.15) is 15.4 Å². The molecule has 0 atom stereocenters. The highest BCUT2D eigenvalue weighted by atomic mass is 79.9. The standard InChI is InChI=1S/C17H13BrFN3O2S/c1-21(10-13-6-8-15(18)25-13)17(24)14-7-9-16(23)22(20-14)12-4-2-11(19)3-5-12/h2-9H,10H2,1H3. The molecule has 1 aromatic carbocycles. The maximum absolute atomic E-state index is 13.1. The van der Waals surface area contributed by atoms with E-state index in [1.807, 2.05) is 12.1 Å². The molecule has 0 saturated carbocycles. The van der Waals surface area contributed by atoms with Crippen molar-refractivity contribution in [3.63, 3.8) is 0 Å². The van der Waals surface area contributed by atoms with Crippen LogP contribution in [-0.4, -0.2) is 27.6 Å². The molecule has 0 N–H and O–H groups in total. The van der Waals surface area contributed by atoms with Crippen LogP contribution in [0.2, 0.25) is 0 Å². The summed E-state index contributed by atoms with van der Waals surface area (Å²) in [5.74, 6) is -0.716. The number of rotatable bonds is 4. The fourth-order valence-corrected chi connectivity index (χ4v) is 3.77. The van der Waals surface area contributed by atoms with Gasteiger partial charge in [-0.15, -0.1) is 11.3 Å². The Morgan fingerprint density at radius 3 is 2.56 bits per heavy atom. The molecule has 0 aliphatic heterocycles. The summed E-state index contributed by atoms with van der Waals surface area (Å²) in [5.41, 5.74) is 0.140. The van der Waals surface area contributed by atoms with Crippen LogP contribution in [-0.2, 0) is 6.54 Å². The number of aromatic nitrogens is 2. The van der Waals surface area contributed by atoms with E-state index in [1.54, 1.807) is 18.4 Å². The average molecular weight is 422 g/mol. The Balaban J connectivity index is 1.87. The molecule has 8 heteroatoms. The highest BCUT2D eigenvalue weighted by Gasteiger charge is 2.16. The summed E-state index contributed by atoms with van der Waals surface area (Å²) in [7, 11) is 1.67. The second kappa shape index (κ2) is 7.28. The number of carbonyl (C=O) groups is 1. The molecule has 3 aromatic rings. The molecule has 2 aromatic heterocycles. The molecule has 3 rings (SSSR count). The van der Waals surface area contributed by atoms with Crippen molar-refractivity contribution in [2.45, 2.75) is 6.54 Å². The summed E-state index contributed by atoms with van der Waals surface area (Å²) in [6.07, 6.45) is 0. The normalized spacial score (nSPS) is 10.7. The van der Waals surface area contributed by atoms with Gasteiger partial charge in [0.2, 0.25) is 0 Å². The maximum Gasteiger partial charge on any atom is 0.274 e. The first kappa shape index (κ1) is 17.5. The van der Waals surface area contributed by atoms with Crippen LogP contribution in [0.4, 0.5) is 4.39 Å². The minimum Gasteiger partial charge on any atom is -0.335 e. The van der Waals surface area contributed by atoms with Gasteiger partial charge in [-0.25, -0.2) is 4.39 Å². The Kier molecular flexibility index (Phi) is 5.10. The van der Waals surface area contributed by atoms with Gasteiger partial charge in [0.15, 0.2) is 0 Å². The number of halogens is 2. The van der Waals surface area contributed by atoms with Gasteiger partial charge in [-0.05, 0) is 58.4 Å². The monoisotopic (exact) mass is 421 g/mol. The van der Waals surface area contributed by atoms with E-state index in [9.17, 15) is 14.0 Å². The van der Waals surface area contributed by atoms with Gasteiger partial charge in [0.1, 0.15) is 11.5 Å². The molecular formula is C17H13BrFN3O2S. The molecule has 0 aliphatic rings. The van der Waals surface area contributed by atoms with Crippen LogP contribution in [0.25, 0.3) is 5.69 Å². The van der Waals surface area contributed by atoms with E-state index in [1.165, 1.54) is 41.3 Å². The molecule has 0 aliphatic carbocycles. The van der Waals surface area contributed by atoms with Gasteiger partial charge in [0.25, 0.3) is 11.5 Å². The summed E-state index contributed by atoms with van der Waals surface area (Å²) in [5, 5.41) is 4.12. The fraction of sp³-hybridized carbons (Fsp3) is 0.118. The van der Waals surface area contributed by atoms with Crippen molar-refractivity contribution >= 4 is 33.2 Å². The van der Waals surface area contributed by atoms with E-state index in [4.69, 9.17) is 0 Å². The molecule has 128 valence electrons. The lowest BCUT2D eigenvalue weighted by atomic mass is 10.3. The Labute approximate surface area is 155 Å². The van der Waals surface area contributed by atoms with Gasteiger partial charge < -0.3 is 4.90 Å². The SMILES string of the molecule is CN(Cc1ccc(Br)s1)C(=O)c1ccc(=O)n(-c2ccc(F)cc2)n1. The summed E-state index contributed by atoms with van der Waals surface area (Å²) in [6, 6.07) is 11.9. The quantitative estimate of drug-likeness (QED) is 0.647. The van der Waals surface area contributed by atoms with Gasteiger partial charge >= 0.3 is 0 Å². The van der Waals surface area contributed by atoms with E-state index in [-0.39, 0.29) is 11.6 Å². The first-order valence-electron chi connectivity index (χ1n) is 7.30. The molecule has 0 radical (unpaired) electrons. The van der Waals surface area contributed by atoms with Crippen molar-refractivity contribution in [2.75, 3.05) is 7.05 Å². The summed E-state index contributed by atoms with van der Waals surface area (Å²) < 4.78 is 15.1. The minimum absolute atomic E-state index is 0.141. The average Bonchev–Trinajstić information content (AvgIpc) is 3.00. The number of amides is 1. The molecule has 25 heavy (non-hydrogen) atoms. The molecule has 0 bridgehead atoms. The lowest BCUT2D eigenvalue weighted by Crippen LogP contribution is -2.30. The minimum atomic E-state index is -0.411.